The second kappa shape index (κ2) is 8.17. The topological polar surface area (TPSA) is 58.5 Å². The van der Waals surface area contributed by atoms with E-state index >= 15 is 0 Å². The van der Waals surface area contributed by atoms with Crippen LogP contribution in [0.5, 0.6) is 0 Å². The second-order valence-corrected chi connectivity index (χ2v) is 11.2. The molecule has 4 nitrogen and oxygen atoms in total. The first kappa shape index (κ1) is 21.4. The number of hydrogen-bond acceptors (Lipinski definition) is 3. The third kappa shape index (κ3) is 4.29. The number of rotatable bonds is 6. The molecule has 2 bridgehead atoms. The Kier molecular flexibility index (Phi) is 6.23. The highest BCUT2D eigenvalue weighted by atomic mass is 32.2. The maximum absolute atomic E-state index is 13.4. The summed E-state index contributed by atoms with van der Waals surface area (Å²) >= 11 is 0. The maximum Gasteiger partial charge on any atom is 0.277 e. The van der Waals surface area contributed by atoms with E-state index in [0.717, 1.165) is 36.1 Å². The van der Waals surface area contributed by atoms with Gasteiger partial charge in [-0.2, -0.15) is 13.5 Å². The molecule has 1 aromatic carbocycles. The van der Waals surface area contributed by atoms with Crippen molar-refractivity contribution in [3.63, 3.8) is 0 Å². The van der Waals surface area contributed by atoms with Crippen LogP contribution in [0.3, 0.4) is 0 Å². The van der Waals surface area contributed by atoms with Gasteiger partial charge in [0.05, 0.1) is 4.90 Å². The zero-order chi connectivity index (χ0) is 20.6. The van der Waals surface area contributed by atoms with Crippen molar-refractivity contribution in [3.8, 4) is 0 Å². The average Bonchev–Trinajstić information content (AvgIpc) is 2.66. The fourth-order valence-electron chi connectivity index (χ4n) is 4.66. The van der Waals surface area contributed by atoms with Gasteiger partial charge in [0.1, 0.15) is 0 Å². The van der Waals surface area contributed by atoms with Crippen LogP contribution in [-0.4, -0.2) is 14.1 Å². The Morgan fingerprint density at radius 1 is 0.893 bits per heavy atom. The number of nitrogens with zero attached hydrogens (tertiary/aromatic N) is 1. The lowest BCUT2D eigenvalue weighted by molar-refractivity contribution is 0.287. The van der Waals surface area contributed by atoms with Gasteiger partial charge in [-0.15, -0.1) is 0 Å². The molecule has 4 rings (SSSR count). The van der Waals surface area contributed by atoms with E-state index in [2.05, 4.69) is 63.6 Å². The molecule has 0 saturated heterocycles. The summed E-state index contributed by atoms with van der Waals surface area (Å²) in [6.45, 7) is 12.6. The van der Waals surface area contributed by atoms with Gasteiger partial charge in [0.2, 0.25) is 0 Å². The van der Waals surface area contributed by atoms with E-state index in [1.54, 1.807) is 0 Å². The molecule has 0 atom stereocenters. The summed E-state index contributed by atoms with van der Waals surface area (Å²) in [4.78, 5) is 3.07. The zero-order valence-electron chi connectivity index (χ0n) is 18.2. The van der Waals surface area contributed by atoms with E-state index < -0.39 is 10.0 Å². The lowest BCUT2D eigenvalue weighted by atomic mass is 9.70. The molecule has 0 aliphatic heterocycles. The molecular formula is C23H36N2O2S. The molecule has 0 heterocycles. The molecule has 0 spiro atoms. The molecule has 3 saturated carbocycles. The Hall–Kier alpha value is -1.36. The highest BCUT2D eigenvalue weighted by molar-refractivity contribution is 7.89. The SMILES string of the molecule is CC(C)c1cc(C(C)C)c(S(=O)(=O)NN=C2CC3CCC2CC3)c(C(C)C)c1. The van der Waals surface area contributed by atoms with Crippen molar-refractivity contribution in [1.29, 1.82) is 0 Å². The van der Waals surface area contributed by atoms with Crippen LogP contribution in [0.4, 0.5) is 0 Å². The molecule has 156 valence electrons. The fraction of sp³-hybridized carbons (Fsp3) is 0.696. The first-order valence-electron chi connectivity index (χ1n) is 10.9. The number of nitrogens with one attached hydrogen (secondary N) is 1. The van der Waals surface area contributed by atoms with Gasteiger partial charge < -0.3 is 0 Å². The van der Waals surface area contributed by atoms with Gasteiger partial charge in [0, 0.05) is 5.71 Å². The molecule has 28 heavy (non-hydrogen) atoms. The largest absolute Gasteiger partial charge is 0.277 e. The summed E-state index contributed by atoms with van der Waals surface area (Å²) in [6.07, 6.45) is 5.79. The van der Waals surface area contributed by atoms with Crippen LogP contribution in [0.25, 0.3) is 0 Å². The van der Waals surface area contributed by atoms with E-state index in [0.29, 0.717) is 22.6 Å². The minimum Gasteiger partial charge on any atom is -0.200 e. The summed E-state index contributed by atoms with van der Waals surface area (Å²) in [6, 6.07) is 4.15. The van der Waals surface area contributed by atoms with Gasteiger partial charge >= 0.3 is 0 Å². The molecule has 0 radical (unpaired) electrons. The fourth-order valence-corrected chi connectivity index (χ4v) is 6.20. The van der Waals surface area contributed by atoms with Gasteiger partial charge in [-0.05, 0) is 78.4 Å². The van der Waals surface area contributed by atoms with Crippen LogP contribution >= 0.6 is 0 Å². The van der Waals surface area contributed by atoms with Crippen LogP contribution in [-0.2, 0) is 10.0 Å². The van der Waals surface area contributed by atoms with Crippen molar-refractivity contribution in [2.75, 3.05) is 0 Å². The Balaban J connectivity index is 2.02. The predicted molar refractivity (Wildman–Crippen MR) is 117 cm³/mol. The quantitative estimate of drug-likeness (QED) is 0.600. The Morgan fingerprint density at radius 3 is 1.82 bits per heavy atom. The van der Waals surface area contributed by atoms with Gasteiger partial charge in [0.15, 0.2) is 0 Å². The van der Waals surface area contributed by atoms with E-state index in [-0.39, 0.29) is 11.8 Å². The molecule has 0 aromatic heterocycles. The van der Waals surface area contributed by atoms with Gasteiger partial charge in [0.25, 0.3) is 10.0 Å². The number of fused-ring (bicyclic) bond motifs is 3. The number of hydrazone groups is 1. The van der Waals surface area contributed by atoms with Crippen molar-refractivity contribution in [1.82, 2.24) is 4.83 Å². The zero-order valence-corrected chi connectivity index (χ0v) is 19.1. The standard InChI is InChI=1S/C23H36N2O2S/c1-14(2)19-12-20(15(3)4)23(21(13-19)16(5)6)28(26,27)25-24-22-11-17-7-9-18(22)10-8-17/h12-18,25H,7-11H2,1-6H3. The Morgan fingerprint density at radius 2 is 1.43 bits per heavy atom. The minimum absolute atomic E-state index is 0.126. The van der Waals surface area contributed by atoms with Crippen molar-refractivity contribution < 1.29 is 8.42 Å². The van der Waals surface area contributed by atoms with E-state index in [4.69, 9.17) is 0 Å². The van der Waals surface area contributed by atoms with Crippen molar-refractivity contribution in [2.45, 2.75) is 96.3 Å². The number of benzene rings is 1. The molecule has 0 unspecified atom stereocenters. The van der Waals surface area contributed by atoms with Gasteiger partial charge in [-0.1, -0.05) is 53.7 Å². The summed E-state index contributed by atoms with van der Waals surface area (Å²) in [5, 5.41) is 4.45. The van der Waals surface area contributed by atoms with E-state index in [1.807, 2.05) is 0 Å². The van der Waals surface area contributed by atoms with Crippen LogP contribution < -0.4 is 4.83 Å². The Bertz CT molecular complexity index is 816. The van der Waals surface area contributed by atoms with Crippen LogP contribution in [0.2, 0.25) is 0 Å². The third-order valence-corrected chi connectivity index (χ3v) is 7.81. The van der Waals surface area contributed by atoms with Crippen LogP contribution in [0, 0.1) is 11.8 Å². The van der Waals surface area contributed by atoms with Crippen molar-refractivity contribution >= 4 is 15.7 Å². The van der Waals surface area contributed by atoms with Crippen LogP contribution in [0.15, 0.2) is 22.1 Å². The van der Waals surface area contributed by atoms with Gasteiger partial charge in [-0.3, -0.25) is 0 Å². The predicted octanol–water partition coefficient (Wildman–Crippen LogP) is 5.90. The van der Waals surface area contributed by atoms with Crippen molar-refractivity contribution in [3.05, 3.63) is 28.8 Å². The van der Waals surface area contributed by atoms with E-state index in [1.165, 1.54) is 18.4 Å². The summed E-state index contributed by atoms with van der Waals surface area (Å²) in [7, 11) is -3.71. The van der Waals surface area contributed by atoms with E-state index in [9.17, 15) is 8.42 Å². The molecule has 3 fully saturated rings. The highest BCUT2D eigenvalue weighted by Gasteiger charge is 2.33. The normalized spacial score (nSPS) is 24.0. The molecule has 3 aliphatic rings. The summed E-state index contributed by atoms with van der Waals surface area (Å²) < 4.78 is 26.8. The molecule has 0 amide bonds. The molecule has 1 N–H and O–H groups in total. The molecule has 3 aliphatic carbocycles. The molecule has 1 aromatic rings. The minimum atomic E-state index is -3.71. The second-order valence-electron chi connectivity index (χ2n) is 9.61. The van der Waals surface area contributed by atoms with Crippen molar-refractivity contribution in [2.24, 2.45) is 16.9 Å². The first-order valence-corrected chi connectivity index (χ1v) is 12.3. The summed E-state index contributed by atoms with van der Waals surface area (Å²) in [5.41, 5.74) is 4.05. The molecule has 5 heteroatoms. The van der Waals surface area contributed by atoms with Crippen LogP contribution in [0.1, 0.15) is 108 Å². The number of hydrogen-bond donors (Lipinski definition) is 1. The van der Waals surface area contributed by atoms with Gasteiger partial charge in [-0.25, -0.2) is 4.83 Å². The first-order chi connectivity index (χ1) is 13.1. The lowest BCUT2D eigenvalue weighted by Crippen LogP contribution is -2.34. The monoisotopic (exact) mass is 404 g/mol. The lowest BCUT2D eigenvalue weighted by Gasteiger charge is -2.36. The summed E-state index contributed by atoms with van der Waals surface area (Å²) in [5.74, 6) is 1.76. The molecular weight excluding hydrogens is 368 g/mol. The maximum atomic E-state index is 13.4. The average molecular weight is 405 g/mol. The smallest absolute Gasteiger partial charge is 0.200 e. The number of sulfonamides is 1. The highest BCUT2D eigenvalue weighted by Crippen LogP contribution is 2.40. The Labute approximate surface area is 171 Å². The third-order valence-electron chi connectivity index (χ3n) is 6.47.